The van der Waals surface area contributed by atoms with E-state index in [1.54, 1.807) is 0 Å². The Morgan fingerprint density at radius 1 is 0.914 bits per heavy atom. The minimum absolute atomic E-state index is 0.0492. The van der Waals surface area contributed by atoms with Gasteiger partial charge in [0.1, 0.15) is 12.6 Å². The molecule has 0 saturated carbocycles. The summed E-state index contributed by atoms with van der Waals surface area (Å²) in [6.07, 6.45) is -0.174. The SMILES string of the molecule is O=C([O-])CN(CCCC[C@H](NC(=O)OCC1c2ccccc2-c2ccccc21)C(=O)O)CC(=O)[O-]. The molecular weight excluding hydrogens is 456 g/mol. The highest BCUT2D eigenvalue weighted by Crippen LogP contribution is 2.44. The molecule has 0 saturated heterocycles. The molecule has 186 valence electrons. The lowest BCUT2D eigenvalue weighted by molar-refractivity contribution is -0.310. The molecule has 3 rings (SSSR count). The Morgan fingerprint density at radius 3 is 1.97 bits per heavy atom. The third kappa shape index (κ3) is 7.03. The molecule has 0 heterocycles. The van der Waals surface area contributed by atoms with Crippen molar-refractivity contribution >= 4 is 24.0 Å². The van der Waals surface area contributed by atoms with Gasteiger partial charge >= 0.3 is 12.1 Å². The van der Waals surface area contributed by atoms with Crippen LogP contribution in [0.4, 0.5) is 4.79 Å². The first-order valence-corrected chi connectivity index (χ1v) is 11.2. The van der Waals surface area contributed by atoms with Crippen LogP contribution in [0.3, 0.4) is 0 Å². The van der Waals surface area contributed by atoms with E-state index in [2.05, 4.69) is 5.32 Å². The topological polar surface area (TPSA) is 159 Å². The summed E-state index contributed by atoms with van der Waals surface area (Å²) in [5, 5.41) is 33.3. The smallest absolute Gasteiger partial charge is 0.407 e. The number of carboxylic acids is 3. The monoisotopic (exact) mass is 482 g/mol. The number of rotatable bonds is 13. The lowest BCUT2D eigenvalue weighted by Crippen LogP contribution is -2.44. The van der Waals surface area contributed by atoms with Gasteiger partial charge in [0, 0.05) is 19.0 Å². The number of ether oxygens (including phenoxy) is 1. The Bertz CT molecular complexity index is 1030. The number of carbonyl (C=O) groups is 4. The molecule has 0 spiro atoms. The van der Waals surface area contributed by atoms with Crippen LogP contribution in [0.1, 0.15) is 36.3 Å². The van der Waals surface area contributed by atoms with E-state index >= 15 is 0 Å². The summed E-state index contributed by atoms with van der Waals surface area (Å²) >= 11 is 0. The van der Waals surface area contributed by atoms with Crippen LogP contribution in [0.2, 0.25) is 0 Å². The van der Waals surface area contributed by atoms with Gasteiger partial charge in [-0.1, -0.05) is 48.5 Å². The number of unbranched alkanes of at least 4 members (excludes halogenated alkanes) is 1. The summed E-state index contributed by atoms with van der Waals surface area (Å²) in [5.74, 6) is -4.24. The van der Waals surface area contributed by atoms with Crippen molar-refractivity contribution in [3.8, 4) is 11.1 Å². The van der Waals surface area contributed by atoms with E-state index in [1.165, 1.54) is 0 Å². The first kappa shape index (κ1) is 25.7. The van der Waals surface area contributed by atoms with Gasteiger partial charge in [-0.3, -0.25) is 4.90 Å². The van der Waals surface area contributed by atoms with E-state index in [0.29, 0.717) is 12.8 Å². The van der Waals surface area contributed by atoms with Gasteiger partial charge in [0.25, 0.3) is 0 Å². The molecule has 2 N–H and O–H groups in total. The van der Waals surface area contributed by atoms with Crippen LogP contribution in [0.15, 0.2) is 48.5 Å². The van der Waals surface area contributed by atoms with Gasteiger partial charge in [-0.25, -0.2) is 9.59 Å². The molecule has 2 aromatic rings. The zero-order valence-corrected chi connectivity index (χ0v) is 19.0. The molecule has 0 aliphatic heterocycles. The van der Waals surface area contributed by atoms with E-state index in [9.17, 15) is 34.5 Å². The Hall–Kier alpha value is -3.92. The number of hydrogen-bond acceptors (Lipinski definition) is 8. The van der Waals surface area contributed by atoms with Crippen LogP contribution < -0.4 is 15.5 Å². The Labute approximate surface area is 202 Å². The van der Waals surface area contributed by atoms with E-state index < -0.39 is 43.1 Å². The van der Waals surface area contributed by atoms with Crippen LogP contribution in [0, 0.1) is 0 Å². The lowest BCUT2D eigenvalue weighted by atomic mass is 9.98. The largest absolute Gasteiger partial charge is 0.549 e. The summed E-state index contributed by atoms with van der Waals surface area (Å²) in [7, 11) is 0. The quantitative estimate of drug-likeness (QED) is 0.373. The van der Waals surface area contributed by atoms with Crippen LogP contribution in [-0.4, -0.2) is 66.3 Å². The molecule has 0 aromatic heterocycles. The first-order valence-electron chi connectivity index (χ1n) is 11.2. The number of alkyl carbamates (subject to hydrolysis) is 1. The number of aliphatic carboxylic acids is 3. The van der Waals surface area contributed by atoms with Crippen molar-refractivity contribution in [3.63, 3.8) is 0 Å². The minimum atomic E-state index is -1.42. The fraction of sp³-hybridized carbons (Fsp3) is 0.360. The molecular formula is C25H26N2O8-2. The van der Waals surface area contributed by atoms with Crippen LogP contribution in [-0.2, 0) is 19.1 Å². The van der Waals surface area contributed by atoms with Crippen molar-refractivity contribution in [2.45, 2.75) is 31.2 Å². The highest BCUT2D eigenvalue weighted by molar-refractivity contribution is 5.81. The average molecular weight is 482 g/mol. The van der Waals surface area contributed by atoms with Crippen LogP contribution in [0.5, 0.6) is 0 Å². The summed E-state index contributed by atoms with van der Waals surface area (Å²) in [4.78, 5) is 46.5. The number of nitrogens with zero attached hydrogens (tertiary/aromatic N) is 1. The predicted molar refractivity (Wildman–Crippen MR) is 120 cm³/mol. The Kier molecular flexibility index (Phi) is 8.80. The standard InChI is InChI=1S/C25H28N2O8/c28-22(29)13-27(14-23(30)31)12-6-5-11-21(24(32)33)26-25(34)35-15-20-18-9-3-1-7-16(18)17-8-2-4-10-19(17)20/h1-4,7-10,20-21H,5-6,11-15H2,(H,26,34)(H,28,29)(H,30,31)(H,32,33)/p-2/t21-/m0/s1. The molecule has 2 aromatic carbocycles. The van der Waals surface area contributed by atoms with Gasteiger partial charge in [-0.15, -0.1) is 0 Å². The second-order valence-electron chi connectivity index (χ2n) is 8.31. The number of amides is 1. The highest BCUT2D eigenvalue weighted by Gasteiger charge is 2.29. The third-order valence-electron chi connectivity index (χ3n) is 5.86. The van der Waals surface area contributed by atoms with Gasteiger partial charge in [0.2, 0.25) is 0 Å². The number of fused-ring (bicyclic) bond motifs is 3. The van der Waals surface area contributed by atoms with Gasteiger partial charge in [-0.05, 0) is 48.1 Å². The van der Waals surface area contributed by atoms with Crippen molar-refractivity contribution in [2.24, 2.45) is 0 Å². The van der Waals surface area contributed by atoms with E-state index in [0.717, 1.165) is 27.2 Å². The molecule has 10 heteroatoms. The van der Waals surface area contributed by atoms with Crippen molar-refractivity contribution in [1.82, 2.24) is 10.2 Å². The number of benzene rings is 2. The summed E-state index contributed by atoms with van der Waals surface area (Å²) < 4.78 is 5.39. The zero-order valence-electron chi connectivity index (χ0n) is 19.0. The number of nitrogens with one attached hydrogen (secondary N) is 1. The normalized spacial score (nSPS) is 13.1. The highest BCUT2D eigenvalue weighted by atomic mass is 16.5. The molecule has 1 aliphatic rings. The maximum absolute atomic E-state index is 12.4. The zero-order chi connectivity index (χ0) is 25.4. The average Bonchev–Trinajstić information content (AvgIpc) is 3.12. The minimum Gasteiger partial charge on any atom is -0.549 e. The molecule has 10 nitrogen and oxygen atoms in total. The van der Waals surface area contributed by atoms with Crippen molar-refractivity contribution in [1.29, 1.82) is 0 Å². The third-order valence-corrected chi connectivity index (χ3v) is 5.86. The molecule has 1 amide bonds. The molecule has 0 unspecified atom stereocenters. The fourth-order valence-corrected chi connectivity index (χ4v) is 4.30. The summed E-state index contributed by atoms with van der Waals surface area (Å²) in [5.41, 5.74) is 4.22. The molecule has 35 heavy (non-hydrogen) atoms. The van der Waals surface area contributed by atoms with E-state index in [1.807, 2.05) is 48.5 Å². The number of hydrogen-bond donors (Lipinski definition) is 2. The Balaban J connectivity index is 1.50. The summed E-state index contributed by atoms with van der Waals surface area (Å²) in [6.45, 7) is -1.00. The number of carboxylic acid groups (broad SMARTS) is 3. The second-order valence-corrected chi connectivity index (χ2v) is 8.31. The van der Waals surface area contributed by atoms with Crippen molar-refractivity contribution < 1.29 is 39.2 Å². The Morgan fingerprint density at radius 2 is 1.46 bits per heavy atom. The lowest BCUT2D eigenvalue weighted by Gasteiger charge is -2.23. The second kappa shape index (κ2) is 12.0. The number of carbonyl (C=O) groups excluding carboxylic acids is 3. The maximum Gasteiger partial charge on any atom is 0.407 e. The predicted octanol–water partition coefficient (Wildman–Crippen LogP) is -0.0496. The molecule has 0 bridgehead atoms. The van der Waals surface area contributed by atoms with E-state index in [-0.39, 0.29) is 25.5 Å². The van der Waals surface area contributed by atoms with Gasteiger partial charge in [0.15, 0.2) is 0 Å². The van der Waals surface area contributed by atoms with Crippen molar-refractivity contribution in [2.75, 3.05) is 26.2 Å². The van der Waals surface area contributed by atoms with Crippen LogP contribution in [0.25, 0.3) is 11.1 Å². The van der Waals surface area contributed by atoms with Crippen LogP contribution >= 0.6 is 0 Å². The fourth-order valence-electron chi connectivity index (χ4n) is 4.30. The summed E-state index contributed by atoms with van der Waals surface area (Å²) in [6, 6.07) is 14.5. The molecule has 1 atom stereocenters. The molecule has 0 fully saturated rings. The van der Waals surface area contributed by atoms with E-state index in [4.69, 9.17) is 4.74 Å². The first-order chi connectivity index (χ1) is 16.8. The van der Waals surface area contributed by atoms with Gasteiger partial charge in [-0.2, -0.15) is 0 Å². The molecule has 1 aliphatic carbocycles. The van der Waals surface area contributed by atoms with Crippen molar-refractivity contribution in [3.05, 3.63) is 59.7 Å². The molecule has 0 radical (unpaired) electrons. The maximum atomic E-state index is 12.4. The van der Waals surface area contributed by atoms with Gasteiger partial charge in [0.05, 0.1) is 11.9 Å². The van der Waals surface area contributed by atoms with Gasteiger partial charge < -0.3 is 35.0 Å².